The van der Waals surface area contributed by atoms with Crippen molar-refractivity contribution in [2.24, 2.45) is 17.3 Å². The normalized spacial score (nSPS) is 49.6. The van der Waals surface area contributed by atoms with Gasteiger partial charge in [0.2, 0.25) is 0 Å². The van der Waals surface area contributed by atoms with Crippen molar-refractivity contribution in [1.82, 2.24) is 0 Å². The van der Waals surface area contributed by atoms with Crippen LogP contribution in [0.15, 0.2) is 36.5 Å². The summed E-state index contributed by atoms with van der Waals surface area (Å²) in [5.41, 5.74) is 0.924. The molecule has 2 aliphatic carbocycles. The molecule has 2 aliphatic heterocycles. The number of carbonyl (C=O) groups excluding carboxylic acids is 1. The maximum Gasteiger partial charge on any atom is 0.334 e. The second-order valence-electron chi connectivity index (χ2n) is 8.71. The molecule has 10 atom stereocenters. The minimum atomic E-state index is -1.52. The molecule has 0 aromatic rings. The highest BCUT2D eigenvalue weighted by molar-refractivity contribution is 5.91. The Bertz CT molecular complexity index is 745. The Balaban J connectivity index is 1.56. The Morgan fingerprint density at radius 2 is 1.97 bits per heavy atom. The van der Waals surface area contributed by atoms with Gasteiger partial charge in [0.1, 0.15) is 36.6 Å². The molecule has 1 saturated carbocycles. The number of hydrogen-bond donors (Lipinski definition) is 4. The van der Waals surface area contributed by atoms with Crippen LogP contribution in [0.5, 0.6) is 0 Å². The summed E-state index contributed by atoms with van der Waals surface area (Å²) >= 11 is 0. The number of aliphatic hydroxyl groups excluding tert-OH is 4. The molecular weight excluding hydrogens is 380 g/mol. The topological polar surface area (TPSA) is 126 Å². The van der Waals surface area contributed by atoms with Crippen molar-refractivity contribution in [2.75, 3.05) is 6.61 Å². The minimum Gasteiger partial charge on any atom is -0.458 e. The molecule has 2 saturated heterocycles. The molecule has 0 bridgehead atoms. The standard InChI is InChI=1S/C21H28O8/c1-9-11-4-6-21(3)7-5-12(10(2)14(21)18(11)29-19(9)26)27-20-17(25)16(24)15(23)13(8-22)28-20/h5,7,11-18,20,22-25H,1-2,4,6,8H2,3H3/t11-,12+,13+,14+,15-,16-,17+,18-,20+,21+/m0/s1. The molecule has 2 heterocycles. The molecule has 0 spiro atoms. The van der Waals surface area contributed by atoms with Gasteiger partial charge in [0, 0.05) is 17.4 Å². The quantitative estimate of drug-likeness (QED) is 0.288. The van der Waals surface area contributed by atoms with Crippen molar-refractivity contribution < 1.29 is 39.4 Å². The fourth-order valence-electron chi connectivity index (χ4n) is 5.15. The highest BCUT2D eigenvalue weighted by atomic mass is 16.7. The molecule has 8 heteroatoms. The van der Waals surface area contributed by atoms with Gasteiger partial charge in [-0.15, -0.1) is 0 Å². The number of ether oxygens (including phenoxy) is 3. The highest BCUT2D eigenvalue weighted by Crippen LogP contribution is 2.55. The first-order chi connectivity index (χ1) is 13.7. The van der Waals surface area contributed by atoms with E-state index in [0.717, 1.165) is 12.8 Å². The fraction of sp³-hybridized carbons (Fsp3) is 0.667. The number of carbonyl (C=O) groups is 1. The summed E-state index contributed by atoms with van der Waals surface area (Å²) in [6, 6.07) is 0. The first-order valence-corrected chi connectivity index (χ1v) is 9.91. The third-order valence-electron chi connectivity index (χ3n) is 6.93. The van der Waals surface area contributed by atoms with Gasteiger partial charge in [-0.25, -0.2) is 4.79 Å². The number of allylic oxidation sites excluding steroid dienone is 1. The molecule has 8 nitrogen and oxygen atoms in total. The van der Waals surface area contributed by atoms with E-state index in [1.807, 2.05) is 12.2 Å². The van der Waals surface area contributed by atoms with E-state index in [2.05, 4.69) is 20.1 Å². The van der Waals surface area contributed by atoms with Crippen LogP contribution in [0.1, 0.15) is 19.8 Å². The predicted molar refractivity (Wildman–Crippen MR) is 100 cm³/mol. The van der Waals surface area contributed by atoms with E-state index in [-0.39, 0.29) is 29.3 Å². The number of hydrogen-bond acceptors (Lipinski definition) is 8. The zero-order chi connectivity index (χ0) is 21.1. The van der Waals surface area contributed by atoms with Gasteiger partial charge in [-0.1, -0.05) is 32.2 Å². The minimum absolute atomic E-state index is 0.0586. The summed E-state index contributed by atoms with van der Waals surface area (Å²) < 4.78 is 17.0. The molecule has 3 fully saturated rings. The lowest BCUT2D eigenvalue weighted by molar-refractivity contribution is -0.306. The van der Waals surface area contributed by atoms with E-state index in [1.165, 1.54) is 0 Å². The second kappa shape index (κ2) is 7.30. The van der Waals surface area contributed by atoms with E-state index < -0.39 is 43.4 Å². The molecule has 4 N–H and O–H groups in total. The fourth-order valence-corrected chi connectivity index (χ4v) is 5.15. The number of esters is 1. The molecule has 0 radical (unpaired) electrons. The average Bonchev–Trinajstić information content (AvgIpc) is 2.97. The summed E-state index contributed by atoms with van der Waals surface area (Å²) in [4.78, 5) is 12.1. The number of aliphatic hydroxyl groups is 4. The zero-order valence-corrected chi connectivity index (χ0v) is 16.3. The molecule has 29 heavy (non-hydrogen) atoms. The Kier molecular flexibility index (Phi) is 5.21. The Hall–Kier alpha value is -1.55. The van der Waals surface area contributed by atoms with Crippen molar-refractivity contribution >= 4 is 5.97 Å². The van der Waals surface area contributed by atoms with E-state index in [4.69, 9.17) is 14.2 Å². The Morgan fingerprint density at radius 1 is 1.24 bits per heavy atom. The predicted octanol–water partition coefficient (Wildman–Crippen LogP) is -0.188. The van der Waals surface area contributed by atoms with Crippen LogP contribution in [0.25, 0.3) is 0 Å². The van der Waals surface area contributed by atoms with Crippen molar-refractivity contribution in [3.05, 3.63) is 36.5 Å². The van der Waals surface area contributed by atoms with Crippen molar-refractivity contribution in [3.63, 3.8) is 0 Å². The van der Waals surface area contributed by atoms with Gasteiger partial charge >= 0.3 is 5.97 Å². The monoisotopic (exact) mass is 408 g/mol. The summed E-state index contributed by atoms with van der Waals surface area (Å²) in [5.74, 6) is -0.626. The smallest absolute Gasteiger partial charge is 0.334 e. The SMILES string of the molecule is C=C1[C@@H]2[C@H]3OC(=O)C(=C)[C@@H]3CC[C@]2(C)C=C[C@H]1O[C@@H]1O[C@H](CO)[C@H](O)[C@H](O)[C@H]1O. The van der Waals surface area contributed by atoms with Crippen LogP contribution in [0.3, 0.4) is 0 Å². The molecule has 0 aromatic heterocycles. The number of rotatable bonds is 3. The summed E-state index contributed by atoms with van der Waals surface area (Å²) in [5, 5.41) is 39.6. The lowest BCUT2D eigenvalue weighted by atomic mass is 9.57. The van der Waals surface area contributed by atoms with E-state index >= 15 is 0 Å². The Labute approximate surface area is 169 Å². The number of fused-ring (bicyclic) bond motifs is 3. The van der Waals surface area contributed by atoms with Gasteiger partial charge in [-0.05, 0) is 23.8 Å². The van der Waals surface area contributed by atoms with Crippen LogP contribution in [-0.2, 0) is 19.0 Å². The molecule has 160 valence electrons. The van der Waals surface area contributed by atoms with E-state index in [9.17, 15) is 25.2 Å². The van der Waals surface area contributed by atoms with Crippen LogP contribution < -0.4 is 0 Å². The van der Waals surface area contributed by atoms with Crippen LogP contribution in [0.2, 0.25) is 0 Å². The lowest BCUT2D eigenvalue weighted by Gasteiger charge is -2.50. The van der Waals surface area contributed by atoms with Gasteiger partial charge in [0.25, 0.3) is 0 Å². The van der Waals surface area contributed by atoms with Gasteiger partial charge in [0.05, 0.1) is 6.61 Å². The average molecular weight is 408 g/mol. The van der Waals surface area contributed by atoms with Gasteiger partial charge in [-0.3, -0.25) is 0 Å². The Morgan fingerprint density at radius 3 is 2.66 bits per heavy atom. The molecule has 0 amide bonds. The van der Waals surface area contributed by atoms with Crippen molar-refractivity contribution in [3.8, 4) is 0 Å². The van der Waals surface area contributed by atoms with Crippen LogP contribution in [-0.4, -0.2) is 75.9 Å². The van der Waals surface area contributed by atoms with Gasteiger partial charge < -0.3 is 34.6 Å². The third-order valence-corrected chi connectivity index (χ3v) is 6.93. The molecule has 4 aliphatic rings. The maximum atomic E-state index is 12.1. The molecule has 0 aromatic carbocycles. The van der Waals surface area contributed by atoms with Gasteiger partial charge in [0.15, 0.2) is 6.29 Å². The summed E-state index contributed by atoms with van der Waals surface area (Å²) in [7, 11) is 0. The van der Waals surface area contributed by atoms with Crippen LogP contribution >= 0.6 is 0 Å². The van der Waals surface area contributed by atoms with Crippen LogP contribution in [0.4, 0.5) is 0 Å². The first-order valence-electron chi connectivity index (χ1n) is 9.91. The highest BCUT2D eigenvalue weighted by Gasteiger charge is 2.56. The van der Waals surface area contributed by atoms with E-state index in [0.29, 0.717) is 11.1 Å². The van der Waals surface area contributed by atoms with Gasteiger partial charge in [-0.2, -0.15) is 0 Å². The maximum absolute atomic E-state index is 12.1. The van der Waals surface area contributed by atoms with Crippen molar-refractivity contribution in [1.29, 1.82) is 0 Å². The molecule has 0 unspecified atom stereocenters. The summed E-state index contributed by atoms with van der Waals surface area (Å²) in [6.07, 6.45) is -2.31. The largest absolute Gasteiger partial charge is 0.458 e. The zero-order valence-electron chi connectivity index (χ0n) is 16.3. The van der Waals surface area contributed by atoms with Crippen LogP contribution in [0, 0.1) is 17.3 Å². The first kappa shape index (κ1) is 20.7. The molecular formula is C21H28O8. The molecule has 4 rings (SSSR count). The summed E-state index contributed by atoms with van der Waals surface area (Å²) in [6.45, 7) is 9.64. The second-order valence-corrected chi connectivity index (χ2v) is 8.71. The van der Waals surface area contributed by atoms with Crippen molar-refractivity contribution in [2.45, 2.75) is 62.7 Å². The van der Waals surface area contributed by atoms with E-state index in [1.54, 1.807) is 0 Å². The lowest BCUT2D eigenvalue weighted by Crippen LogP contribution is -2.60. The third kappa shape index (κ3) is 3.19.